The molecule has 1 amide bonds. The van der Waals surface area contributed by atoms with Crippen LogP contribution in [0.4, 0.5) is 13.2 Å². The van der Waals surface area contributed by atoms with Gasteiger partial charge in [-0.2, -0.15) is 13.2 Å². The Morgan fingerprint density at radius 1 is 1.27 bits per heavy atom. The largest absolute Gasteiger partial charge is 0.460 e. The van der Waals surface area contributed by atoms with Gasteiger partial charge in [-0.05, 0) is 32.0 Å². The predicted molar refractivity (Wildman–Crippen MR) is 85.5 cm³/mol. The Hall–Kier alpha value is -3.17. The van der Waals surface area contributed by atoms with E-state index in [9.17, 15) is 22.8 Å². The smallest absolute Gasteiger partial charge is 0.416 e. The van der Waals surface area contributed by atoms with Gasteiger partial charge in [-0.15, -0.1) is 5.10 Å². The number of ether oxygens (including phenoxy) is 1. The number of nitrogens with zero attached hydrogens (tertiary/aromatic N) is 3. The quantitative estimate of drug-likeness (QED) is 0.646. The standard InChI is InChI=1S/C16H15F3N4O3/c1-9(2)26-13(24)3-4-23-8-21-15(22-23)11-5-10(14(20)25)6-12(7-11)16(17,18)19/h3-9H,1-2H3,(H2,20,25)/b4-3-. The number of rotatable bonds is 5. The summed E-state index contributed by atoms with van der Waals surface area (Å²) in [6.07, 6.45) is -1.43. The van der Waals surface area contributed by atoms with Gasteiger partial charge < -0.3 is 10.5 Å². The first-order chi connectivity index (χ1) is 12.1. The van der Waals surface area contributed by atoms with Crippen molar-refractivity contribution in [1.29, 1.82) is 0 Å². The van der Waals surface area contributed by atoms with E-state index in [1.165, 1.54) is 12.5 Å². The average molecular weight is 368 g/mol. The minimum absolute atomic E-state index is 0.0365. The van der Waals surface area contributed by atoms with E-state index in [0.29, 0.717) is 6.07 Å². The maximum absolute atomic E-state index is 13.0. The molecule has 138 valence electrons. The van der Waals surface area contributed by atoms with Crippen LogP contribution in [-0.2, 0) is 15.7 Å². The Bertz CT molecular complexity index is 857. The van der Waals surface area contributed by atoms with Gasteiger partial charge in [0.15, 0.2) is 5.82 Å². The topological polar surface area (TPSA) is 100 Å². The van der Waals surface area contributed by atoms with E-state index >= 15 is 0 Å². The van der Waals surface area contributed by atoms with E-state index in [-0.39, 0.29) is 23.1 Å². The second-order valence-electron chi connectivity index (χ2n) is 5.51. The lowest BCUT2D eigenvalue weighted by molar-refractivity contribution is -0.141. The highest BCUT2D eigenvalue weighted by Gasteiger charge is 2.32. The molecule has 7 nitrogen and oxygen atoms in total. The summed E-state index contributed by atoms with van der Waals surface area (Å²) in [5, 5.41) is 3.95. The highest BCUT2D eigenvalue weighted by Crippen LogP contribution is 2.32. The molecule has 0 aliphatic heterocycles. The number of carbonyl (C=O) groups is 2. The molecule has 0 atom stereocenters. The van der Waals surface area contributed by atoms with Gasteiger partial charge in [-0.3, -0.25) is 4.79 Å². The Kier molecular flexibility index (Phi) is 5.44. The van der Waals surface area contributed by atoms with E-state index in [0.717, 1.165) is 22.9 Å². The lowest BCUT2D eigenvalue weighted by atomic mass is 10.0. The molecule has 2 rings (SSSR count). The van der Waals surface area contributed by atoms with Gasteiger partial charge in [0.1, 0.15) is 6.33 Å². The van der Waals surface area contributed by atoms with Crippen LogP contribution in [0.1, 0.15) is 29.8 Å². The lowest BCUT2D eigenvalue weighted by Gasteiger charge is -2.09. The summed E-state index contributed by atoms with van der Waals surface area (Å²) in [5.74, 6) is -1.68. The molecule has 0 aliphatic rings. The van der Waals surface area contributed by atoms with Crippen LogP contribution in [0.5, 0.6) is 0 Å². The van der Waals surface area contributed by atoms with Gasteiger partial charge in [-0.25, -0.2) is 14.5 Å². The number of halogens is 3. The zero-order valence-electron chi connectivity index (χ0n) is 13.8. The maximum atomic E-state index is 13.0. The number of esters is 1. The molecule has 26 heavy (non-hydrogen) atoms. The maximum Gasteiger partial charge on any atom is 0.416 e. The molecule has 0 saturated heterocycles. The fourth-order valence-corrected chi connectivity index (χ4v) is 1.95. The summed E-state index contributed by atoms with van der Waals surface area (Å²) in [6.45, 7) is 3.37. The van der Waals surface area contributed by atoms with Crippen molar-refractivity contribution >= 4 is 18.1 Å². The summed E-state index contributed by atoms with van der Waals surface area (Å²) in [6, 6.07) is 2.63. The molecule has 2 aromatic rings. The van der Waals surface area contributed by atoms with E-state index < -0.39 is 23.6 Å². The van der Waals surface area contributed by atoms with Crippen molar-refractivity contribution in [2.24, 2.45) is 5.73 Å². The summed E-state index contributed by atoms with van der Waals surface area (Å²) in [5.41, 5.74) is 3.68. The van der Waals surface area contributed by atoms with Crippen molar-refractivity contribution in [2.45, 2.75) is 26.1 Å². The van der Waals surface area contributed by atoms with Crippen LogP contribution >= 0.6 is 0 Å². The number of benzene rings is 1. The molecule has 2 N–H and O–H groups in total. The van der Waals surface area contributed by atoms with E-state index in [4.69, 9.17) is 10.5 Å². The van der Waals surface area contributed by atoms with Gasteiger partial charge in [0.25, 0.3) is 0 Å². The summed E-state index contributed by atoms with van der Waals surface area (Å²) in [7, 11) is 0. The number of primary amides is 1. The van der Waals surface area contributed by atoms with Crippen LogP contribution in [0.2, 0.25) is 0 Å². The van der Waals surface area contributed by atoms with Crippen LogP contribution in [0.25, 0.3) is 17.6 Å². The second kappa shape index (κ2) is 7.38. The van der Waals surface area contributed by atoms with Crippen LogP contribution in [-0.4, -0.2) is 32.7 Å². The minimum Gasteiger partial charge on any atom is -0.460 e. The normalized spacial score (nSPS) is 11.9. The van der Waals surface area contributed by atoms with E-state index in [1.54, 1.807) is 13.8 Å². The highest BCUT2D eigenvalue weighted by molar-refractivity contribution is 5.94. The second-order valence-corrected chi connectivity index (χ2v) is 5.51. The van der Waals surface area contributed by atoms with Crippen LogP contribution in [0.15, 0.2) is 30.6 Å². The molecule has 0 aliphatic carbocycles. The Morgan fingerprint density at radius 2 is 1.96 bits per heavy atom. The first kappa shape index (κ1) is 19.2. The molecular formula is C16H15F3N4O3. The molecule has 0 radical (unpaired) electrons. The van der Waals surface area contributed by atoms with Crippen molar-refractivity contribution in [3.8, 4) is 11.4 Å². The van der Waals surface area contributed by atoms with E-state index in [2.05, 4.69) is 10.1 Å². The Balaban J connectivity index is 2.33. The van der Waals surface area contributed by atoms with Crippen molar-refractivity contribution in [1.82, 2.24) is 14.8 Å². The molecule has 0 fully saturated rings. The third kappa shape index (κ3) is 4.91. The summed E-state index contributed by atoms with van der Waals surface area (Å²) >= 11 is 0. The van der Waals surface area contributed by atoms with Crippen molar-refractivity contribution in [3.63, 3.8) is 0 Å². The zero-order chi connectivity index (χ0) is 19.5. The number of amides is 1. The monoisotopic (exact) mass is 368 g/mol. The summed E-state index contributed by atoms with van der Waals surface area (Å²) < 4.78 is 45.0. The minimum atomic E-state index is -4.66. The molecular weight excluding hydrogens is 353 g/mol. The average Bonchev–Trinajstić information content (AvgIpc) is 3.00. The zero-order valence-corrected chi connectivity index (χ0v) is 13.8. The molecule has 1 heterocycles. The van der Waals surface area contributed by atoms with E-state index in [1.807, 2.05) is 0 Å². The molecule has 1 aromatic heterocycles. The van der Waals surface area contributed by atoms with Gasteiger partial charge in [-0.1, -0.05) is 0 Å². The summed E-state index contributed by atoms with van der Waals surface area (Å²) in [4.78, 5) is 26.6. The first-order valence-electron chi connectivity index (χ1n) is 7.38. The number of carbonyl (C=O) groups excluding carboxylic acids is 2. The van der Waals surface area contributed by atoms with Gasteiger partial charge in [0.2, 0.25) is 5.91 Å². The SMILES string of the molecule is CC(C)OC(=O)/C=C\n1cnc(-c2cc(C(N)=O)cc(C(F)(F)F)c2)n1. The van der Waals surface area contributed by atoms with Gasteiger partial charge >= 0.3 is 12.1 Å². The number of hydrogen-bond acceptors (Lipinski definition) is 5. The molecule has 0 unspecified atom stereocenters. The molecule has 0 spiro atoms. The van der Waals surface area contributed by atoms with Crippen molar-refractivity contribution in [2.75, 3.05) is 0 Å². The Labute approximate surface area is 146 Å². The fraction of sp³-hybridized carbons (Fsp3) is 0.250. The van der Waals surface area contributed by atoms with Gasteiger partial charge in [0, 0.05) is 23.4 Å². The first-order valence-corrected chi connectivity index (χ1v) is 7.38. The molecule has 0 saturated carbocycles. The van der Waals surface area contributed by atoms with Crippen LogP contribution in [0, 0.1) is 0 Å². The lowest BCUT2D eigenvalue weighted by Crippen LogP contribution is -2.14. The number of nitrogens with two attached hydrogens (primary N) is 1. The highest BCUT2D eigenvalue weighted by atomic mass is 19.4. The van der Waals surface area contributed by atoms with Crippen LogP contribution < -0.4 is 5.73 Å². The fourth-order valence-electron chi connectivity index (χ4n) is 1.95. The molecule has 10 heteroatoms. The Morgan fingerprint density at radius 3 is 2.54 bits per heavy atom. The van der Waals surface area contributed by atoms with Crippen molar-refractivity contribution in [3.05, 3.63) is 41.7 Å². The third-order valence-corrected chi connectivity index (χ3v) is 3.03. The number of aromatic nitrogens is 3. The predicted octanol–water partition coefficient (Wildman–Crippen LogP) is 2.49. The number of hydrogen-bond donors (Lipinski definition) is 1. The molecule has 1 aromatic carbocycles. The van der Waals surface area contributed by atoms with Gasteiger partial charge in [0.05, 0.1) is 11.7 Å². The van der Waals surface area contributed by atoms with Crippen molar-refractivity contribution < 1.29 is 27.5 Å². The van der Waals surface area contributed by atoms with Crippen LogP contribution in [0.3, 0.4) is 0 Å². The third-order valence-electron chi connectivity index (χ3n) is 3.03. The number of alkyl halides is 3. The molecule has 0 bridgehead atoms.